The van der Waals surface area contributed by atoms with Gasteiger partial charge < -0.3 is 20.1 Å². The average molecular weight is 571 g/mol. The number of aliphatic hydroxyl groups is 3. The molecular formula is C26H41F3O8S. The Hall–Kier alpha value is -0.950. The third-order valence-electron chi connectivity index (χ3n) is 11.1. The largest absolute Gasteiger partial charge is 0.465 e. The number of esters is 1. The van der Waals surface area contributed by atoms with Crippen molar-refractivity contribution in [3.05, 3.63) is 0 Å². The lowest BCUT2D eigenvalue weighted by Crippen LogP contribution is -2.62. The van der Waals surface area contributed by atoms with Gasteiger partial charge in [0.25, 0.3) is 0 Å². The van der Waals surface area contributed by atoms with E-state index in [-0.39, 0.29) is 41.1 Å². The highest BCUT2D eigenvalue weighted by molar-refractivity contribution is 7.86. The monoisotopic (exact) mass is 570 g/mol. The van der Waals surface area contributed by atoms with Crippen molar-refractivity contribution in [3.63, 3.8) is 0 Å². The first-order valence-electron chi connectivity index (χ1n) is 13.7. The smallest absolute Gasteiger partial charge is 0.400 e. The Morgan fingerprint density at radius 2 is 1.74 bits per heavy atom. The number of halogens is 3. The lowest BCUT2D eigenvalue weighted by molar-refractivity contribution is -0.208. The highest BCUT2D eigenvalue weighted by atomic mass is 32.2. The summed E-state index contributed by atoms with van der Waals surface area (Å²) in [5, 5.41) is 28.1. The number of hydrogen-bond acceptors (Lipinski definition) is 7. The molecule has 4 fully saturated rings. The van der Waals surface area contributed by atoms with Gasteiger partial charge in [-0.3, -0.25) is 9.35 Å². The average Bonchev–Trinajstić information content (AvgIpc) is 3.17. The number of hydrogen-bond donors (Lipinski definition) is 4. The molecule has 0 aromatic heterocycles. The quantitative estimate of drug-likeness (QED) is 0.270. The van der Waals surface area contributed by atoms with Gasteiger partial charge in [-0.05, 0) is 80.0 Å². The molecule has 4 aliphatic carbocycles. The van der Waals surface area contributed by atoms with Crippen molar-refractivity contribution in [2.75, 3.05) is 6.61 Å². The van der Waals surface area contributed by atoms with E-state index in [4.69, 9.17) is 9.29 Å². The van der Waals surface area contributed by atoms with E-state index in [0.717, 1.165) is 6.42 Å². The Bertz CT molecular complexity index is 1010. The Morgan fingerprint density at radius 1 is 1.08 bits per heavy atom. The molecule has 8 nitrogen and oxygen atoms in total. The molecule has 4 rings (SSSR count). The topological polar surface area (TPSA) is 141 Å². The second-order valence-corrected chi connectivity index (χ2v) is 14.3. The van der Waals surface area contributed by atoms with Gasteiger partial charge in [0.15, 0.2) is 6.17 Å². The van der Waals surface area contributed by atoms with Gasteiger partial charge in [-0.1, -0.05) is 20.8 Å². The zero-order chi connectivity index (χ0) is 28.4. The van der Waals surface area contributed by atoms with Gasteiger partial charge in [0.1, 0.15) is 0 Å². The van der Waals surface area contributed by atoms with E-state index in [9.17, 15) is 41.7 Å². The minimum absolute atomic E-state index is 0.0419. The summed E-state index contributed by atoms with van der Waals surface area (Å²) in [7, 11) is -5.95. The summed E-state index contributed by atoms with van der Waals surface area (Å²) in [5.41, 5.74) is -0.792. The predicted octanol–water partition coefficient (Wildman–Crippen LogP) is 3.34. The summed E-state index contributed by atoms with van der Waals surface area (Å²) in [4.78, 5) is 12.8. The highest BCUT2D eigenvalue weighted by Crippen LogP contribution is 2.68. The standard InChI is InChI=1S/C26H41F3O8S/c1-13(23(33)37-9-7-20(27)26(28,29)38(34,35)36)16-4-5-17-22-18(12-21(32)25(16,17)3)24(2)8-6-15(30)10-14(24)11-19(22)31/h13-22,30-32H,4-12H2,1-3H3,(H,34,35,36)/t13-,14?,15?,16+,17?,18?,19?,20?,21?,22?,24-,25+/m0/s1. The molecule has 0 saturated heterocycles. The summed E-state index contributed by atoms with van der Waals surface area (Å²) < 4.78 is 75.6. The number of fused-ring (bicyclic) bond motifs is 5. The maximum absolute atomic E-state index is 13.8. The zero-order valence-electron chi connectivity index (χ0n) is 22.1. The first-order valence-corrected chi connectivity index (χ1v) is 15.1. The molecule has 0 spiro atoms. The third-order valence-corrected chi connectivity index (χ3v) is 12.1. The van der Waals surface area contributed by atoms with Crippen molar-refractivity contribution >= 4 is 16.1 Å². The minimum atomic E-state index is -5.95. The van der Waals surface area contributed by atoms with Crippen LogP contribution in [0.15, 0.2) is 0 Å². The van der Waals surface area contributed by atoms with E-state index in [1.807, 2.05) is 6.92 Å². The van der Waals surface area contributed by atoms with Crippen LogP contribution in [0, 0.1) is 46.3 Å². The third kappa shape index (κ3) is 4.69. The molecule has 8 unspecified atom stereocenters. The number of carbonyl (C=O) groups is 1. The summed E-state index contributed by atoms with van der Waals surface area (Å²) in [6.45, 7) is 4.99. The fourth-order valence-corrected chi connectivity index (χ4v) is 9.35. The lowest BCUT2D eigenvalue weighted by Gasteiger charge is -2.63. The van der Waals surface area contributed by atoms with Crippen LogP contribution >= 0.6 is 0 Å². The molecule has 12 atom stereocenters. The highest BCUT2D eigenvalue weighted by Gasteiger charge is 2.66. The van der Waals surface area contributed by atoms with Crippen molar-refractivity contribution in [1.29, 1.82) is 0 Å². The molecule has 0 heterocycles. The minimum Gasteiger partial charge on any atom is -0.465 e. The summed E-state index contributed by atoms with van der Waals surface area (Å²) >= 11 is 0. The van der Waals surface area contributed by atoms with Gasteiger partial charge in [-0.15, -0.1) is 0 Å². The van der Waals surface area contributed by atoms with Crippen molar-refractivity contribution in [3.8, 4) is 0 Å². The maximum atomic E-state index is 13.8. The molecule has 4 saturated carbocycles. The van der Waals surface area contributed by atoms with Crippen LogP contribution in [0.4, 0.5) is 13.2 Å². The number of rotatable bonds is 7. The molecule has 0 radical (unpaired) electrons. The number of ether oxygens (including phenoxy) is 1. The van der Waals surface area contributed by atoms with Crippen LogP contribution in [0.1, 0.15) is 72.1 Å². The van der Waals surface area contributed by atoms with E-state index in [1.165, 1.54) is 0 Å². The lowest BCUT2D eigenvalue weighted by atomic mass is 9.43. The van der Waals surface area contributed by atoms with Crippen LogP contribution in [0.2, 0.25) is 0 Å². The number of carbonyl (C=O) groups excluding carboxylic acids is 1. The van der Waals surface area contributed by atoms with Gasteiger partial charge in [0.05, 0.1) is 30.8 Å². The zero-order valence-corrected chi connectivity index (χ0v) is 22.9. The van der Waals surface area contributed by atoms with Gasteiger partial charge >= 0.3 is 21.3 Å². The van der Waals surface area contributed by atoms with Gasteiger partial charge in [-0.25, -0.2) is 4.39 Å². The molecule has 38 heavy (non-hydrogen) atoms. The van der Waals surface area contributed by atoms with Gasteiger partial charge in [0.2, 0.25) is 0 Å². The molecule has 4 aliphatic rings. The van der Waals surface area contributed by atoms with Crippen LogP contribution < -0.4 is 0 Å². The fraction of sp³-hybridized carbons (Fsp3) is 0.962. The van der Waals surface area contributed by atoms with Gasteiger partial charge in [-0.2, -0.15) is 17.2 Å². The Morgan fingerprint density at radius 3 is 2.37 bits per heavy atom. The van der Waals surface area contributed by atoms with Crippen LogP contribution in [0.3, 0.4) is 0 Å². The second-order valence-electron chi connectivity index (χ2n) is 12.8. The summed E-state index contributed by atoms with van der Waals surface area (Å²) in [5.74, 6) is -1.65. The first kappa shape index (κ1) is 30.0. The Kier molecular flexibility index (Phi) is 8.02. The maximum Gasteiger partial charge on any atom is 0.400 e. The molecule has 0 aromatic rings. The van der Waals surface area contributed by atoms with Crippen molar-refractivity contribution in [1.82, 2.24) is 0 Å². The Balaban J connectivity index is 1.45. The molecule has 0 aromatic carbocycles. The van der Waals surface area contributed by atoms with E-state index in [0.29, 0.717) is 38.5 Å². The molecule has 4 N–H and O–H groups in total. The van der Waals surface area contributed by atoms with E-state index in [1.54, 1.807) is 6.92 Å². The van der Waals surface area contributed by atoms with Crippen LogP contribution in [0.5, 0.6) is 0 Å². The number of alkyl halides is 3. The van der Waals surface area contributed by atoms with Crippen molar-refractivity contribution in [2.45, 2.75) is 102 Å². The Labute approximate surface area is 222 Å². The molecule has 0 bridgehead atoms. The predicted molar refractivity (Wildman–Crippen MR) is 130 cm³/mol. The number of aliphatic hydroxyl groups excluding tert-OH is 3. The summed E-state index contributed by atoms with van der Waals surface area (Å²) in [6, 6.07) is 0. The SMILES string of the molecule is C[C@H](C(=O)OCCC(F)C(F)(F)S(=O)(=O)O)[C@H]1CCC2C3C(O)CC4CC(O)CC[C@]4(C)C3CC(O)[C@@]21C. The molecule has 0 amide bonds. The van der Waals surface area contributed by atoms with E-state index in [2.05, 4.69) is 6.92 Å². The van der Waals surface area contributed by atoms with Crippen LogP contribution in [-0.2, 0) is 19.6 Å². The normalized spacial score (nSPS) is 44.9. The van der Waals surface area contributed by atoms with Gasteiger partial charge in [0, 0.05) is 11.8 Å². The fourth-order valence-electron chi connectivity index (χ4n) is 8.91. The van der Waals surface area contributed by atoms with E-state index < -0.39 is 64.1 Å². The van der Waals surface area contributed by atoms with Crippen molar-refractivity contribution < 1.29 is 51.0 Å². The van der Waals surface area contributed by atoms with Crippen LogP contribution in [0.25, 0.3) is 0 Å². The van der Waals surface area contributed by atoms with E-state index >= 15 is 0 Å². The molecular weight excluding hydrogens is 529 g/mol. The molecule has 220 valence electrons. The summed E-state index contributed by atoms with van der Waals surface area (Å²) in [6.07, 6.45) is -1.49. The molecule has 12 heteroatoms. The second kappa shape index (κ2) is 10.2. The first-order chi connectivity index (χ1) is 17.5. The molecule has 0 aliphatic heterocycles. The van der Waals surface area contributed by atoms with Crippen molar-refractivity contribution in [2.24, 2.45) is 46.3 Å². The van der Waals surface area contributed by atoms with Crippen LogP contribution in [-0.4, -0.2) is 70.6 Å².